The van der Waals surface area contributed by atoms with Gasteiger partial charge in [0.15, 0.2) is 0 Å². The number of hydrogen-bond donors (Lipinski definition) is 10. The van der Waals surface area contributed by atoms with Crippen molar-refractivity contribution in [2.45, 2.75) is 129 Å². The zero-order chi connectivity index (χ0) is 78.4. The summed E-state index contributed by atoms with van der Waals surface area (Å²) in [6, 6.07) is 21.0. The highest BCUT2D eigenvalue weighted by atomic mass is 19.1. The Morgan fingerprint density at radius 1 is 0.755 bits per heavy atom. The van der Waals surface area contributed by atoms with Gasteiger partial charge in [0.05, 0.1) is 100 Å². The molecule has 584 valence electrons. The second kappa shape index (κ2) is 38.8. The normalized spacial score (nSPS) is 15.4. The quantitative estimate of drug-likeness (QED) is 0.0139. The van der Waals surface area contributed by atoms with E-state index in [4.69, 9.17) is 43.9 Å². The highest BCUT2D eigenvalue weighted by Gasteiger charge is 2.43. The minimum Gasteiger partial charge on any atom is -0.490 e. The van der Waals surface area contributed by atoms with Crippen molar-refractivity contribution in [1.29, 1.82) is 0 Å². The first-order chi connectivity index (χ1) is 53.0. The lowest BCUT2D eigenvalue weighted by Crippen LogP contribution is -2.54. The van der Waals surface area contributed by atoms with Gasteiger partial charge in [-0.2, -0.15) is 0 Å². The molecule has 4 atom stereocenters. The molecular formula is C79H93FN12O18. The fraction of sp³-hybridized carbons (Fsp3) is 0.430. The lowest BCUT2D eigenvalue weighted by molar-refractivity contribution is -0.132. The molecule has 0 fully saturated rings. The number of pyridine rings is 2. The van der Waals surface area contributed by atoms with Crippen LogP contribution < -0.4 is 58.7 Å². The number of nitrogens with one attached hydrogen (secondary N) is 8. The average molecular weight is 1520 g/mol. The number of halogens is 1. The number of ether oxygens (including phenoxy) is 7. The number of rotatable bonds is 38. The van der Waals surface area contributed by atoms with Crippen LogP contribution in [0.3, 0.4) is 0 Å². The molecule has 0 spiro atoms. The Morgan fingerprint density at radius 3 is 2.18 bits per heavy atom. The Kier molecular flexibility index (Phi) is 28.7. The molecule has 6 aromatic rings. The summed E-state index contributed by atoms with van der Waals surface area (Å²) in [5.74, 6) is 2.36. The number of primary amides is 1. The number of carbonyl (C=O) groups excluding carboxylic acids is 9. The van der Waals surface area contributed by atoms with E-state index in [0.29, 0.717) is 106 Å². The van der Waals surface area contributed by atoms with Crippen molar-refractivity contribution in [3.05, 3.63) is 169 Å². The Hall–Kier alpha value is -11.1. The SMILES string of the molecule is C=C1OCc2c(cc3n(c2=O)Cc2c-3nc3cc(F)c(C)c4c3c2[C@@H](NC(=O)COCNC(=O)CNC(=O)OCc2ccc(NC(=O)[C@H](CCCNC(N)=O)NC(=O)[C@@H](NC(=O)CCOCCOCCOCCOCCNC(=O)CCC(=O)N3Cc5ccccc5C#Cc5ccccc53)C(C)C)cc2)CC4)[C@@]1(O)CC. The summed E-state index contributed by atoms with van der Waals surface area (Å²) in [5.41, 5.74) is 11.8. The zero-order valence-corrected chi connectivity index (χ0v) is 62.0. The van der Waals surface area contributed by atoms with Crippen LogP contribution in [0.15, 0.2) is 102 Å². The number of fused-ring (bicyclic) bond motifs is 7. The third-order valence-electron chi connectivity index (χ3n) is 19.2. The fourth-order valence-electron chi connectivity index (χ4n) is 13.3. The van der Waals surface area contributed by atoms with Crippen molar-refractivity contribution in [3.63, 3.8) is 0 Å². The molecule has 0 radical (unpaired) electrons. The second-order valence-electron chi connectivity index (χ2n) is 27.1. The largest absolute Gasteiger partial charge is 0.490 e. The van der Waals surface area contributed by atoms with Gasteiger partial charge in [-0.05, 0) is 109 Å². The van der Waals surface area contributed by atoms with E-state index in [1.165, 1.54) is 6.07 Å². The predicted octanol–water partition coefficient (Wildman–Crippen LogP) is 4.95. The summed E-state index contributed by atoms with van der Waals surface area (Å²) in [5, 5.41) is 33.6. The van der Waals surface area contributed by atoms with Crippen LogP contribution in [-0.2, 0) is 105 Å². The number of nitrogens with two attached hydrogens (primary N) is 1. The molecule has 10 rings (SSSR count). The number of para-hydroxylation sites is 1. The van der Waals surface area contributed by atoms with Gasteiger partial charge in [0.1, 0.15) is 62.4 Å². The van der Waals surface area contributed by atoms with Gasteiger partial charge in [0.2, 0.25) is 41.4 Å². The lowest BCUT2D eigenvalue weighted by Gasteiger charge is -2.35. The molecule has 3 aliphatic heterocycles. The highest BCUT2D eigenvalue weighted by molar-refractivity contribution is 5.99. The van der Waals surface area contributed by atoms with Gasteiger partial charge in [-0.1, -0.05) is 81.7 Å². The molecule has 1 aliphatic carbocycles. The van der Waals surface area contributed by atoms with Crippen molar-refractivity contribution < 1.29 is 85.8 Å². The molecule has 10 amide bonds. The van der Waals surface area contributed by atoms with Crippen molar-refractivity contribution in [1.82, 2.24) is 46.8 Å². The third kappa shape index (κ3) is 21.0. The Bertz CT molecular complexity index is 4560. The van der Waals surface area contributed by atoms with Crippen LogP contribution in [0.1, 0.15) is 127 Å². The van der Waals surface area contributed by atoms with Crippen LogP contribution in [0.4, 0.5) is 25.4 Å². The van der Waals surface area contributed by atoms with E-state index < -0.39 is 97.0 Å². The van der Waals surface area contributed by atoms with E-state index in [1.807, 2.05) is 48.5 Å². The molecule has 11 N–H and O–H groups in total. The number of nitrogens with zero attached hydrogens (tertiary/aromatic N) is 3. The topological polar surface area (TPSA) is 399 Å². The molecule has 0 saturated carbocycles. The van der Waals surface area contributed by atoms with Gasteiger partial charge in [0.25, 0.3) is 5.56 Å². The number of aromatic nitrogens is 2. The lowest BCUT2D eigenvalue weighted by atomic mass is 9.81. The molecule has 0 unspecified atom stereocenters. The van der Waals surface area contributed by atoms with Crippen molar-refractivity contribution in [2.75, 3.05) is 96.0 Å². The predicted molar refractivity (Wildman–Crippen MR) is 400 cm³/mol. The molecule has 5 heterocycles. The summed E-state index contributed by atoms with van der Waals surface area (Å²) >= 11 is 0. The van der Waals surface area contributed by atoms with Crippen molar-refractivity contribution in [3.8, 4) is 23.2 Å². The molecular weight excluding hydrogens is 1420 g/mol. The average Bonchev–Trinajstić information content (AvgIpc) is 1.53. The summed E-state index contributed by atoms with van der Waals surface area (Å²) < 4.78 is 55.7. The smallest absolute Gasteiger partial charge is 0.407 e. The van der Waals surface area contributed by atoms with Crippen LogP contribution in [0.5, 0.6) is 0 Å². The van der Waals surface area contributed by atoms with E-state index in [0.717, 1.165) is 22.3 Å². The third-order valence-corrected chi connectivity index (χ3v) is 19.2. The van der Waals surface area contributed by atoms with E-state index >= 15 is 4.39 Å². The monoisotopic (exact) mass is 1520 g/mol. The number of benzene rings is 4. The summed E-state index contributed by atoms with van der Waals surface area (Å²) in [6.45, 7) is 11.9. The van der Waals surface area contributed by atoms with Crippen LogP contribution in [0.25, 0.3) is 22.3 Å². The number of aryl methyl sites for hydroxylation is 1. The first-order valence-electron chi connectivity index (χ1n) is 36.6. The number of urea groups is 1. The van der Waals surface area contributed by atoms with E-state index in [9.17, 15) is 53.1 Å². The highest BCUT2D eigenvalue weighted by Crippen LogP contribution is 2.47. The molecule has 4 aliphatic rings. The number of carbonyl (C=O) groups is 9. The van der Waals surface area contributed by atoms with Crippen LogP contribution in [-0.4, -0.2) is 166 Å². The van der Waals surface area contributed by atoms with Gasteiger partial charge >= 0.3 is 12.1 Å². The first-order valence-corrected chi connectivity index (χ1v) is 36.6. The Balaban J connectivity index is 0.573. The second-order valence-corrected chi connectivity index (χ2v) is 27.1. The molecule has 30 nitrogen and oxygen atoms in total. The molecule has 31 heteroatoms. The number of anilines is 2. The van der Waals surface area contributed by atoms with Crippen LogP contribution in [0.2, 0.25) is 0 Å². The fourth-order valence-corrected chi connectivity index (χ4v) is 13.3. The van der Waals surface area contributed by atoms with Gasteiger partial charge < -0.3 is 96.0 Å². The number of amides is 10. The van der Waals surface area contributed by atoms with Gasteiger partial charge in [-0.15, -0.1) is 0 Å². The van der Waals surface area contributed by atoms with E-state index in [-0.39, 0.29) is 128 Å². The molecule has 0 bridgehead atoms. The number of hydrogen-bond acceptors (Lipinski definition) is 19. The molecule has 0 saturated heterocycles. The molecule has 110 heavy (non-hydrogen) atoms. The van der Waals surface area contributed by atoms with Crippen molar-refractivity contribution >= 4 is 75.8 Å². The molecule has 2 aromatic heterocycles. The number of alkyl carbamates (subject to hydrolysis) is 1. The van der Waals surface area contributed by atoms with E-state index in [1.54, 1.807) is 67.5 Å². The van der Waals surface area contributed by atoms with Gasteiger partial charge in [-0.3, -0.25) is 38.4 Å². The minimum atomic E-state index is -1.62. The van der Waals surface area contributed by atoms with Crippen LogP contribution >= 0.6 is 0 Å². The maximum Gasteiger partial charge on any atom is 0.407 e. The standard InChI is InChI=1S/C79H93FN12O18/c1-6-79(103)49(5)109-44-57-58(79)38-64-73-56(42-92(64)76(57)100)71-60(24-23-55-48(4)59(80)39-62(88-73)70(55)71)87-68(96)45-108-46-85-67(95)40-84-78(102)110-43-50-17-21-54(22-18-50)86-74(98)61(15-11-28-83-77(81)101)89-75(99)72(47(2)3)90-66(94)27-30-104-32-34-106-36-37-107-35-33-105-31-29-82-65(93)25-26-69(97)91-41-53-14-8-7-12-51(53)19-20-52-13-9-10-16-63(52)91/h7-10,12-14,16-18,21-22,38-39,47,60-61,72,103H,5-6,11,15,23-37,40-46H2,1-4H3,(H,82,93)(H,84,102)(H,85,95)(H,86,98)(H,87,96)(H,89,99)(H,90,94)(H3,81,83,101)/t60-,61-,72-,79+/m0/s1. The summed E-state index contributed by atoms with van der Waals surface area (Å²) in [7, 11) is 0. The first kappa shape index (κ1) is 81.4. The van der Waals surface area contributed by atoms with Gasteiger partial charge in [0, 0.05) is 71.7 Å². The maximum atomic E-state index is 15.4. The Morgan fingerprint density at radius 2 is 1.45 bits per heavy atom. The zero-order valence-electron chi connectivity index (χ0n) is 62.0. The Labute approximate surface area is 634 Å². The minimum absolute atomic E-state index is 0.0222. The summed E-state index contributed by atoms with van der Waals surface area (Å²) in [4.78, 5) is 138. The van der Waals surface area contributed by atoms with E-state index in [2.05, 4.69) is 61.0 Å². The van der Waals surface area contributed by atoms with Gasteiger partial charge in [-0.25, -0.2) is 19.0 Å². The molecule has 4 aromatic carbocycles. The van der Waals surface area contributed by atoms with Crippen molar-refractivity contribution in [2.24, 2.45) is 11.7 Å². The summed E-state index contributed by atoms with van der Waals surface area (Å²) in [6.07, 6.45) is 0.381. The van der Waals surface area contributed by atoms with Crippen LogP contribution in [0, 0.1) is 30.5 Å². The maximum absolute atomic E-state index is 15.4. The number of aliphatic hydroxyl groups is 1.